The number of nitrogen functional groups attached to an aromatic ring is 1. The Bertz CT molecular complexity index is 1180. The monoisotopic (exact) mass is 497 g/mol. The van der Waals surface area contributed by atoms with Crippen molar-refractivity contribution in [3.8, 4) is 0 Å². The number of nitrogens with one attached hydrogen (secondary N) is 3. The first-order chi connectivity index (χ1) is 17.1. The summed E-state index contributed by atoms with van der Waals surface area (Å²) in [4.78, 5) is 20.3. The van der Waals surface area contributed by atoms with Gasteiger partial charge in [0.25, 0.3) is 0 Å². The highest BCUT2D eigenvalue weighted by atomic mass is 16.6. The van der Waals surface area contributed by atoms with Crippen LogP contribution in [0.25, 0.3) is 11.0 Å². The molecule has 1 fully saturated rings. The number of nitrogens with two attached hydrogens (primary N) is 1. The van der Waals surface area contributed by atoms with Crippen LogP contribution in [-0.2, 0) is 10.2 Å². The second kappa shape index (κ2) is 10.8. The average Bonchev–Trinajstić information content (AvgIpc) is 3.38. The van der Waals surface area contributed by atoms with E-state index in [2.05, 4.69) is 46.7 Å². The Labute approximate surface area is 210 Å². The highest BCUT2D eigenvalue weighted by molar-refractivity contribution is 5.89. The number of nitrogens with zero attached hydrogens (tertiary/aromatic N) is 3. The predicted molar refractivity (Wildman–Crippen MR) is 138 cm³/mol. The lowest BCUT2D eigenvalue weighted by Gasteiger charge is -2.19. The minimum absolute atomic E-state index is 0.0620. The van der Waals surface area contributed by atoms with Crippen molar-refractivity contribution in [2.45, 2.75) is 57.1 Å². The van der Waals surface area contributed by atoms with Crippen molar-refractivity contribution in [2.75, 3.05) is 30.7 Å². The van der Waals surface area contributed by atoms with Gasteiger partial charge in [-0.2, -0.15) is 0 Å². The number of hydrogen-bond donors (Lipinski definition) is 6. The van der Waals surface area contributed by atoms with Crippen molar-refractivity contribution in [1.82, 2.24) is 25.2 Å². The second-order valence-corrected chi connectivity index (χ2v) is 10.0. The fourth-order valence-electron chi connectivity index (χ4n) is 4.21. The van der Waals surface area contributed by atoms with E-state index in [4.69, 9.17) is 10.5 Å². The maximum atomic E-state index is 12.1. The van der Waals surface area contributed by atoms with Gasteiger partial charge in [0.1, 0.15) is 36.1 Å². The van der Waals surface area contributed by atoms with Gasteiger partial charge in [-0.25, -0.2) is 14.8 Å². The molecule has 0 spiro atoms. The minimum atomic E-state index is -1.12. The number of ether oxygens (including phenoxy) is 1. The van der Waals surface area contributed by atoms with Crippen LogP contribution >= 0.6 is 0 Å². The first-order valence-corrected chi connectivity index (χ1v) is 12.1. The van der Waals surface area contributed by atoms with Crippen molar-refractivity contribution in [2.24, 2.45) is 0 Å². The summed E-state index contributed by atoms with van der Waals surface area (Å²) in [5, 5.41) is 30.6. The van der Waals surface area contributed by atoms with Crippen molar-refractivity contribution in [1.29, 1.82) is 0 Å². The third-order valence-electron chi connectivity index (χ3n) is 6.32. The van der Waals surface area contributed by atoms with Gasteiger partial charge in [0.2, 0.25) is 0 Å². The summed E-state index contributed by atoms with van der Waals surface area (Å²) in [5.74, 6) is 0.339. The smallest absolute Gasteiger partial charge is 0.319 e. The normalized spacial score (nSPS) is 22.1. The first kappa shape index (κ1) is 25.8. The Kier molecular flexibility index (Phi) is 7.74. The van der Waals surface area contributed by atoms with Crippen LogP contribution < -0.4 is 21.7 Å². The molecule has 3 aromatic rings. The molecule has 7 N–H and O–H groups in total. The number of anilines is 2. The van der Waals surface area contributed by atoms with Crippen LogP contribution in [0.5, 0.6) is 0 Å². The number of carbonyl (C=O) groups excluding carboxylic acids is 1. The highest BCUT2D eigenvalue weighted by Gasteiger charge is 2.43. The van der Waals surface area contributed by atoms with E-state index in [1.54, 1.807) is 16.8 Å². The van der Waals surface area contributed by atoms with Crippen LogP contribution in [0.1, 0.15) is 39.0 Å². The molecule has 4 rings (SSSR count). The van der Waals surface area contributed by atoms with Crippen molar-refractivity contribution in [3.63, 3.8) is 0 Å². The van der Waals surface area contributed by atoms with E-state index >= 15 is 0 Å². The first-order valence-electron chi connectivity index (χ1n) is 12.1. The maximum Gasteiger partial charge on any atom is 0.319 e. The number of benzene rings is 1. The summed E-state index contributed by atoms with van der Waals surface area (Å²) in [6, 6.07) is 9.32. The number of hydrogen-bond acceptors (Lipinski definition) is 8. The molecule has 1 aliphatic heterocycles. The van der Waals surface area contributed by atoms with Crippen LogP contribution in [0.3, 0.4) is 0 Å². The summed E-state index contributed by atoms with van der Waals surface area (Å²) >= 11 is 0. The molecular weight excluding hydrogens is 462 g/mol. The van der Waals surface area contributed by atoms with Crippen LogP contribution in [0.2, 0.25) is 0 Å². The lowest BCUT2D eigenvalue weighted by Crippen LogP contribution is -2.38. The standard InChI is InChI=1S/C25H35N7O4/c1-25(2,3)15-5-7-16(8-6-15)31-24(35)28-11-4-10-27-13-18-19(33)20(34)23(36-18)32-12-9-17-21(26)29-14-30-22(17)32/h5-9,12,14,18-20,23,27,33-34H,4,10-11,13H2,1-3H3,(H2,26,29,30)(H2,28,31,35). The molecule has 0 aliphatic carbocycles. The Morgan fingerprint density at radius 1 is 1.11 bits per heavy atom. The molecule has 0 saturated carbocycles. The van der Waals surface area contributed by atoms with E-state index in [0.717, 1.165) is 5.69 Å². The van der Waals surface area contributed by atoms with Gasteiger partial charge in [0, 0.05) is 25.0 Å². The third kappa shape index (κ3) is 5.76. The molecule has 1 aliphatic rings. The van der Waals surface area contributed by atoms with Gasteiger partial charge < -0.3 is 41.2 Å². The lowest BCUT2D eigenvalue weighted by atomic mass is 9.87. The van der Waals surface area contributed by atoms with Crippen LogP contribution in [0.4, 0.5) is 16.3 Å². The molecule has 36 heavy (non-hydrogen) atoms. The van der Waals surface area contributed by atoms with Gasteiger partial charge in [-0.05, 0) is 42.1 Å². The SMILES string of the molecule is CC(C)(C)c1ccc(NC(=O)NCCCNCC2OC(n3ccc4c(N)ncnc43)C(O)C2O)cc1. The molecule has 4 atom stereocenters. The highest BCUT2D eigenvalue weighted by Crippen LogP contribution is 2.32. The van der Waals surface area contributed by atoms with E-state index in [1.165, 1.54) is 11.9 Å². The summed E-state index contributed by atoms with van der Waals surface area (Å²) < 4.78 is 7.59. The van der Waals surface area contributed by atoms with Gasteiger partial charge in [-0.15, -0.1) is 0 Å². The molecule has 11 heteroatoms. The average molecular weight is 498 g/mol. The van der Waals surface area contributed by atoms with Crippen molar-refractivity contribution in [3.05, 3.63) is 48.4 Å². The maximum absolute atomic E-state index is 12.1. The zero-order chi connectivity index (χ0) is 25.9. The van der Waals surface area contributed by atoms with E-state index in [9.17, 15) is 15.0 Å². The molecule has 2 aromatic heterocycles. The van der Waals surface area contributed by atoms with Crippen LogP contribution in [0.15, 0.2) is 42.9 Å². The molecule has 194 valence electrons. The zero-order valence-electron chi connectivity index (χ0n) is 20.8. The predicted octanol–water partition coefficient (Wildman–Crippen LogP) is 1.73. The topological polar surface area (TPSA) is 160 Å². The minimum Gasteiger partial charge on any atom is -0.387 e. The molecule has 11 nitrogen and oxygen atoms in total. The number of fused-ring (bicyclic) bond motifs is 1. The molecule has 4 unspecified atom stereocenters. The number of aliphatic hydroxyl groups is 2. The van der Waals surface area contributed by atoms with Gasteiger partial charge in [-0.3, -0.25) is 0 Å². The van der Waals surface area contributed by atoms with E-state index < -0.39 is 24.5 Å². The summed E-state index contributed by atoms with van der Waals surface area (Å²) in [7, 11) is 0. The number of aromatic nitrogens is 3. The quantitative estimate of drug-likeness (QED) is 0.257. The second-order valence-electron chi connectivity index (χ2n) is 10.0. The summed E-state index contributed by atoms with van der Waals surface area (Å²) in [6.45, 7) is 7.86. The number of urea groups is 1. The van der Waals surface area contributed by atoms with E-state index in [-0.39, 0.29) is 11.4 Å². The van der Waals surface area contributed by atoms with Gasteiger partial charge in [-0.1, -0.05) is 32.9 Å². The summed E-state index contributed by atoms with van der Waals surface area (Å²) in [6.07, 6.45) is 0.169. The third-order valence-corrected chi connectivity index (χ3v) is 6.32. The van der Waals surface area contributed by atoms with Crippen LogP contribution in [-0.4, -0.2) is 68.7 Å². The largest absolute Gasteiger partial charge is 0.387 e. The number of carbonyl (C=O) groups is 1. The molecule has 0 radical (unpaired) electrons. The molecule has 1 saturated heterocycles. The molecule has 0 bridgehead atoms. The zero-order valence-corrected chi connectivity index (χ0v) is 20.8. The Balaban J connectivity index is 1.17. The summed E-state index contributed by atoms with van der Waals surface area (Å²) in [5.41, 5.74) is 8.42. The van der Waals surface area contributed by atoms with Gasteiger partial charge in [0.05, 0.1) is 5.39 Å². The van der Waals surface area contributed by atoms with Crippen molar-refractivity contribution >= 4 is 28.6 Å². The number of aliphatic hydroxyl groups excluding tert-OH is 2. The fraction of sp³-hybridized carbons (Fsp3) is 0.480. The Morgan fingerprint density at radius 3 is 2.58 bits per heavy atom. The Hall–Kier alpha value is -3.25. The molecule has 2 amide bonds. The van der Waals surface area contributed by atoms with E-state index in [0.29, 0.717) is 42.9 Å². The van der Waals surface area contributed by atoms with Gasteiger partial charge >= 0.3 is 6.03 Å². The molecular formula is C25H35N7O4. The fourth-order valence-corrected chi connectivity index (χ4v) is 4.21. The van der Waals surface area contributed by atoms with E-state index in [1.807, 2.05) is 24.3 Å². The van der Waals surface area contributed by atoms with Crippen LogP contribution in [0, 0.1) is 0 Å². The molecule has 3 heterocycles. The number of rotatable bonds is 8. The van der Waals surface area contributed by atoms with Gasteiger partial charge in [0.15, 0.2) is 6.23 Å². The Morgan fingerprint density at radius 2 is 1.86 bits per heavy atom. The lowest BCUT2D eigenvalue weighted by molar-refractivity contribution is -0.0338. The molecule has 1 aromatic carbocycles. The number of amides is 2. The van der Waals surface area contributed by atoms with Crippen molar-refractivity contribution < 1.29 is 19.7 Å².